The van der Waals surface area contributed by atoms with Crippen LogP contribution in [0.15, 0.2) is 65.6 Å². The van der Waals surface area contributed by atoms with Gasteiger partial charge in [-0.2, -0.15) is 0 Å². The molecule has 0 amide bonds. The first-order valence-electron chi connectivity index (χ1n) is 9.12. The third kappa shape index (κ3) is 3.30. The Morgan fingerprint density at radius 3 is 2.21 bits per heavy atom. The van der Waals surface area contributed by atoms with Gasteiger partial charge in [0.2, 0.25) is 10.0 Å². The molecule has 0 bridgehead atoms. The average molecular weight is 394 g/mol. The molecule has 5 nitrogen and oxygen atoms in total. The first-order chi connectivity index (χ1) is 13.2. The summed E-state index contributed by atoms with van der Waals surface area (Å²) < 4.78 is 25.3. The van der Waals surface area contributed by atoms with E-state index in [0.717, 1.165) is 34.6 Å². The standard InChI is InChI=1S/C22H22N2O3S/c1-22(2)13-20-18(21(25)14-22)12-19(15-6-4-3-5-7-15)24(20)16-8-10-17(11-9-16)28(23,26)27/h3-12H,13-14H2,1-2H3,(H2,23,26,27). The van der Waals surface area contributed by atoms with E-state index in [1.807, 2.05) is 36.4 Å². The molecule has 3 aromatic rings. The molecule has 28 heavy (non-hydrogen) atoms. The third-order valence-corrected chi connectivity index (χ3v) is 6.11. The average Bonchev–Trinajstić information content (AvgIpc) is 3.00. The molecular formula is C22H22N2O3S. The van der Waals surface area contributed by atoms with Gasteiger partial charge in [-0.25, -0.2) is 13.6 Å². The van der Waals surface area contributed by atoms with E-state index in [9.17, 15) is 13.2 Å². The molecule has 1 aliphatic carbocycles. The summed E-state index contributed by atoms with van der Waals surface area (Å²) in [6.07, 6.45) is 1.28. The minimum atomic E-state index is -3.76. The molecule has 1 heterocycles. The highest BCUT2D eigenvalue weighted by atomic mass is 32.2. The molecular weight excluding hydrogens is 372 g/mol. The molecule has 1 aromatic heterocycles. The van der Waals surface area contributed by atoms with Gasteiger partial charge in [0.25, 0.3) is 0 Å². The number of rotatable bonds is 3. The van der Waals surface area contributed by atoms with E-state index < -0.39 is 10.0 Å². The van der Waals surface area contributed by atoms with Gasteiger partial charge in [0.15, 0.2) is 5.78 Å². The molecule has 0 aliphatic heterocycles. The van der Waals surface area contributed by atoms with Crippen LogP contribution >= 0.6 is 0 Å². The Morgan fingerprint density at radius 1 is 0.964 bits per heavy atom. The summed E-state index contributed by atoms with van der Waals surface area (Å²) in [4.78, 5) is 12.9. The van der Waals surface area contributed by atoms with Gasteiger partial charge in [0.05, 0.1) is 10.6 Å². The van der Waals surface area contributed by atoms with Crippen LogP contribution in [0.1, 0.15) is 36.3 Å². The highest BCUT2D eigenvalue weighted by Gasteiger charge is 2.35. The zero-order chi connectivity index (χ0) is 20.1. The van der Waals surface area contributed by atoms with Crippen molar-refractivity contribution in [2.45, 2.75) is 31.6 Å². The second-order valence-corrected chi connectivity index (χ2v) is 9.63. The number of primary sulfonamides is 1. The molecule has 0 spiro atoms. The van der Waals surface area contributed by atoms with Crippen molar-refractivity contribution in [1.82, 2.24) is 4.57 Å². The Kier molecular flexibility index (Phi) is 4.28. The van der Waals surface area contributed by atoms with E-state index in [-0.39, 0.29) is 16.1 Å². The van der Waals surface area contributed by atoms with Crippen LogP contribution in [0, 0.1) is 5.41 Å². The number of sulfonamides is 1. The van der Waals surface area contributed by atoms with Gasteiger partial charge in [0, 0.05) is 23.4 Å². The van der Waals surface area contributed by atoms with Gasteiger partial charge in [-0.3, -0.25) is 4.79 Å². The van der Waals surface area contributed by atoms with Gasteiger partial charge in [-0.15, -0.1) is 0 Å². The molecule has 6 heteroatoms. The van der Waals surface area contributed by atoms with Crippen LogP contribution in [-0.2, 0) is 16.4 Å². The van der Waals surface area contributed by atoms with Gasteiger partial charge < -0.3 is 4.57 Å². The lowest BCUT2D eigenvalue weighted by atomic mass is 9.76. The molecule has 4 rings (SSSR count). The molecule has 1 aliphatic rings. The van der Waals surface area contributed by atoms with Gasteiger partial charge in [-0.1, -0.05) is 44.2 Å². The Bertz CT molecular complexity index is 1160. The number of nitrogens with two attached hydrogens (primary N) is 1. The van der Waals surface area contributed by atoms with Crippen molar-refractivity contribution in [1.29, 1.82) is 0 Å². The lowest BCUT2D eigenvalue weighted by Gasteiger charge is -2.30. The SMILES string of the molecule is CC1(C)CC(=O)c2cc(-c3ccccc3)n(-c3ccc(S(N)(=O)=O)cc3)c2C1. The van der Waals surface area contributed by atoms with Crippen LogP contribution in [0.5, 0.6) is 0 Å². The number of hydrogen-bond acceptors (Lipinski definition) is 3. The van der Waals surface area contributed by atoms with Gasteiger partial charge in [0.1, 0.15) is 0 Å². The van der Waals surface area contributed by atoms with Crippen LogP contribution in [0.25, 0.3) is 16.9 Å². The van der Waals surface area contributed by atoms with E-state index in [2.05, 4.69) is 18.4 Å². The Morgan fingerprint density at radius 2 is 1.61 bits per heavy atom. The van der Waals surface area contributed by atoms with Crippen molar-refractivity contribution in [3.8, 4) is 16.9 Å². The van der Waals surface area contributed by atoms with Crippen molar-refractivity contribution in [3.05, 3.63) is 71.9 Å². The molecule has 0 unspecified atom stereocenters. The highest BCUT2D eigenvalue weighted by molar-refractivity contribution is 7.89. The monoisotopic (exact) mass is 394 g/mol. The number of carbonyl (C=O) groups is 1. The number of Topliss-reactive ketones (excluding diaryl/α,β-unsaturated/α-hetero) is 1. The van der Waals surface area contributed by atoms with Crippen LogP contribution in [0.4, 0.5) is 0 Å². The van der Waals surface area contributed by atoms with E-state index in [1.54, 1.807) is 12.1 Å². The smallest absolute Gasteiger partial charge is 0.238 e. The molecule has 0 saturated carbocycles. The van der Waals surface area contributed by atoms with E-state index in [1.165, 1.54) is 12.1 Å². The van der Waals surface area contributed by atoms with Crippen molar-refractivity contribution < 1.29 is 13.2 Å². The van der Waals surface area contributed by atoms with Crippen LogP contribution in [0.2, 0.25) is 0 Å². The summed E-state index contributed by atoms with van der Waals surface area (Å²) in [7, 11) is -3.76. The lowest BCUT2D eigenvalue weighted by molar-refractivity contribution is 0.0911. The van der Waals surface area contributed by atoms with Crippen molar-refractivity contribution in [2.24, 2.45) is 10.6 Å². The summed E-state index contributed by atoms with van der Waals surface area (Å²) in [6, 6.07) is 18.3. The second kappa shape index (κ2) is 6.43. The van der Waals surface area contributed by atoms with E-state index in [0.29, 0.717) is 6.42 Å². The minimum Gasteiger partial charge on any atom is -0.313 e. The first kappa shape index (κ1) is 18.7. The largest absolute Gasteiger partial charge is 0.313 e. The number of ketones is 1. The van der Waals surface area contributed by atoms with E-state index >= 15 is 0 Å². The van der Waals surface area contributed by atoms with Crippen LogP contribution in [0.3, 0.4) is 0 Å². The molecule has 2 aromatic carbocycles. The quantitative estimate of drug-likeness (QED) is 0.730. The number of fused-ring (bicyclic) bond motifs is 1. The Balaban J connectivity index is 1.96. The van der Waals surface area contributed by atoms with Crippen molar-refractivity contribution in [2.75, 3.05) is 0 Å². The molecule has 144 valence electrons. The minimum absolute atomic E-state index is 0.0648. The number of nitrogens with zero attached hydrogens (tertiary/aromatic N) is 1. The summed E-state index contributed by atoms with van der Waals surface area (Å²) in [5.41, 5.74) is 4.29. The molecule has 0 atom stereocenters. The maximum absolute atomic E-state index is 12.8. The van der Waals surface area contributed by atoms with Crippen molar-refractivity contribution in [3.63, 3.8) is 0 Å². The number of carbonyl (C=O) groups excluding carboxylic acids is 1. The maximum atomic E-state index is 12.8. The van der Waals surface area contributed by atoms with Gasteiger partial charge in [-0.05, 0) is 47.7 Å². The molecule has 2 N–H and O–H groups in total. The summed E-state index contributed by atoms with van der Waals surface area (Å²) in [5.74, 6) is 0.142. The summed E-state index contributed by atoms with van der Waals surface area (Å²) >= 11 is 0. The Labute approximate surface area is 164 Å². The van der Waals surface area contributed by atoms with Crippen LogP contribution < -0.4 is 5.14 Å². The lowest BCUT2D eigenvalue weighted by Crippen LogP contribution is -2.27. The fourth-order valence-electron chi connectivity index (χ4n) is 3.91. The zero-order valence-electron chi connectivity index (χ0n) is 15.8. The summed E-state index contributed by atoms with van der Waals surface area (Å²) in [5, 5.41) is 5.23. The first-order valence-corrected chi connectivity index (χ1v) is 10.7. The predicted octanol–water partition coefficient (Wildman–Crippen LogP) is 3.95. The number of aromatic nitrogens is 1. The normalized spacial score (nSPS) is 16.0. The number of hydrogen-bond donors (Lipinski definition) is 1. The predicted molar refractivity (Wildman–Crippen MR) is 109 cm³/mol. The molecule has 0 fully saturated rings. The van der Waals surface area contributed by atoms with Crippen LogP contribution in [-0.4, -0.2) is 18.8 Å². The number of benzene rings is 2. The topological polar surface area (TPSA) is 82.2 Å². The molecule has 0 saturated heterocycles. The van der Waals surface area contributed by atoms with E-state index in [4.69, 9.17) is 5.14 Å². The van der Waals surface area contributed by atoms with Crippen molar-refractivity contribution >= 4 is 15.8 Å². The third-order valence-electron chi connectivity index (χ3n) is 5.18. The van der Waals surface area contributed by atoms with Gasteiger partial charge >= 0.3 is 0 Å². The molecule has 0 radical (unpaired) electrons. The maximum Gasteiger partial charge on any atom is 0.238 e. The highest BCUT2D eigenvalue weighted by Crippen LogP contribution is 2.40. The zero-order valence-corrected chi connectivity index (χ0v) is 16.7. The summed E-state index contributed by atoms with van der Waals surface area (Å²) in [6.45, 7) is 4.19. The second-order valence-electron chi connectivity index (χ2n) is 8.07. The Hall–Kier alpha value is -2.70. The fraction of sp³-hybridized carbons (Fsp3) is 0.227. The fourth-order valence-corrected chi connectivity index (χ4v) is 4.43.